The van der Waals surface area contributed by atoms with E-state index in [0.717, 1.165) is 25.2 Å². The first-order chi connectivity index (χ1) is 16.1. The molecule has 0 spiro atoms. The number of carbonyl (C=O) groups is 4. The minimum atomic E-state index is -1.26. The number of benzene rings is 1. The van der Waals surface area contributed by atoms with Gasteiger partial charge in [0.25, 0.3) is 0 Å². The van der Waals surface area contributed by atoms with E-state index in [0.29, 0.717) is 41.6 Å². The monoisotopic (exact) mass is 514 g/mol. The third-order valence-corrected chi connectivity index (χ3v) is 6.50. The van der Waals surface area contributed by atoms with Crippen LogP contribution in [0.15, 0.2) is 30.4 Å². The van der Waals surface area contributed by atoms with E-state index in [9.17, 15) is 24.3 Å². The van der Waals surface area contributed by atoms with Crippen LogP contribution in [0.25, 0.3) is 0 Å². The van der Waals surface area contributed by atoms with Gasteiger partial charge in [-0.05, 0) is 56.5 Å². The number of rotatable bonds is 7. The molecular weight excluding hydrogens is 487 g/mol. The molecule has 2 heterocycles. The fourth-order valence-corrected chi connectivity index (χ4v) is 4.43. The fourth-order valence-electron chi connectivity index (χ4n) is 4.11. The lowest BCUT2D eigenvalue weighted by atomic mass is 9.90. The Morgan fingerprint density at radius 2 is 1.56 bits per heavy atom. The number of carboxylic acids is 3. The number of piperidine rings is 1. The second-order valence-electron chi connectivity index (χ2n) is 8.24. The SMILES string of the molecule is O=C(O)C1CCN(C(=O)Cc2ccc(Cl)c(Cl)c2)C(CN2CCCC2)C1.O=C(O)C=CC(=O)O. The van der Waals surface area contributed by atoms with Gasteiger partial charge in [-0.2, -0.15) is 0 Å². The van der Waals surface area contributed by atoms with Crippen LogP contribution in [0.4, 0.5) is 0 Å². The molecule has 2 unspecified atom stereocenters. The Morgan fingerprint density at radius 3 is 2.09 bits per heavy atom. The highest BCUT2D eigenvalue weighted by atomic mass is 35.5. The zero-order valence-electron chi connectivity index (χ0n) is 18.5. The number of aliphatic carboxylic acids is 3. The highest BCUT2D eigenvalue weighted by Gasteiger charge is 2.35. The van der Waals surface area contributed by atoms with E-state index in [1.54, 1.807) is 12.1 Å². The van der Waals surface area contributed by atoms with Crippen LogP contribution in [0.1, 0.15) is 31.2 Å². The number of likely N-dealkylation sites (tertiary alicyclic amines) is 2. The van der Waals surface area contributed by atoms with Crippen LogP contribution >= 0.6 is 23.2 Å². The first-order valence-corrected chi connectivity index (χ1v) is 11.6. The van der Waals surface area contributed by atoms with Gasteiger partial charge in [-0.25, -0.2) is 9.59 Å². The fraction of sp³-hybridized carbons (Fsp3) is 0.478. The number of carboxylic acid groups (broad SMARTS) is 3. The summed E-state index contributed by atoms with van der Waals surface area (Å²) in [5.74, 6) is -3.61. The van der Waals surface area contributed by atoms with Gasteiger partial charge in [0, 0.05) is 31.3 Å². The molecule has 0 aliphatic carbocycles. The van der Waals surface area contributed by atoms with E-state index in [1.807, 2.05) is 11.0 Å². The van der Waals surface area contributed by atoms with E-state index in [-0.39, 0.29) is 24.3 Å². The number of amides is 1. The van der Waals surface area contributed by atoms with Crippen LogP contribution in [-0.4, -0.2) is 81.2 Å². The quantitative estimate of drug-likeness (QED) is 0.472. The number of hydrogen-bond donors (Lipinski definition) is 3. The molecule has 2 aliphatic heterocycles. The molecule has 2 atom stereocenters. The highest BCUT2D eigenvalue weighted by molar-refractivity contribution is 6.42. The predicted molar refractivity (Wildman–Crippen MR) is 126 cm³/mol. The summed E-state index contributed by atoms with van der Waals surface area (Å²) in [4.78, 5) is 47.7. The number of halogens is 2. The Hall–Kier alpha value is -2.62. The smallest absolute Gasteiger partial charge is 0.328 e. The average Bonchev–Trinajstić information content (AvgIpc) is 3.28. The van der Waals surface area contributed by atoms with Crippen LogP contribution in [0.3, 0.4) is 0 Å². The van der Waals surface area contributed by atoms with Crippen molar-refractivity contribution in [3.63, 3.8) is 0 Å². The van der Waals surface area contributed by atoms with E-state index in [2.05, 4.69) is 4.90 Å². The van der Waals surface area contributed by atoms with Gasteiger partial charge >= 0.3 is 17.9 Å². The van der Waals surface area contributed by atoms with E-state index >= 15 is 0 Å². The molecule has 2 fully saturated rings. The lowest BCUT2D eigenvalue weighted by molar-refractivity contribution is -0.148. The lowest BCUT2D eigenvalue weighted by Gasteiger charge is -2.40. The summed E-state index contributed by atoms with van der Waals surface area (Å²) in [6.45, 7) is 3.32. The molecule has 11 heteroatoms. The van der Waals surface area contributed by atoms with Gasteiger partial charge in [0.05, 0.1) is 22.4 Å². The van der Waals surface area contributed by atoms with Crippen LogP contribution in [-0.2, 0) is 25.6 Å². The van der Waals surface area contributed by atoms with Crippen molar-refractivity contribution in [2.45, 2.75) is 38.1 Å². The first kappa shape index (κ1) is 27.6. The van der Waals surface area contributed by atoms with E-state index < -0.39 is 17.9 Å². The molecule has 3 N–H and O–H groups in total. The molecule has 0 bridgehead atoms. The zero-order valence-corrected chi connectivity index (χ0v) is 20.0. The predicted octanol–water partition coefficient (Wildman–Crippen LogP) is 3.04. The van der Waals surface area contributed by atoms with Gasteiger partial charge in [-0.3, -0.25) is 9.59 Å². The average molecular weight is 515 g/mol. The second kappa shape index (κ2) is 13.3. The number of carbonyl (C=O) groups excluding carboxylic acids is 1. The molecule has 34 heavy (non-hydrogen) atoms. The topological polar surface area (TPSA) is 135 Å². The molecule has 0 saturated carbocycles. The molecule has 0 radical (unpaired) electrons. The molecule has 1 aromatic rings. The van der Waals surface area contributed by atoms with Crippen molar-refractivity contribution in [2.75, 3.05) is 26.2 Å². The molecule has 2 aliphatic rings. The van der Waals surface area contributed by atoms with Gasteiger partial charge in [0.1, 0.15) is 0 Å². The van der Waals surface area contributed by atoms with Crippen molar-refractivity contribution in [3.05, 3.63) is 46.0 Å². The Bertz CT molecular complexity index is 916. The van der Waals surface area contributed by atoms with E-state index in [4.69, 9.17) is 33.4 Å². The maximum absolute atomic E-state index is 12.9. The Balaban J connectivity index is 0.000000440. The molecule has 3 rings (SSSR count). The van der Waals surface area contributed by atoms with Crippen LogP contribution in [0, 0.1) is 5.92 Å². The zero-order chi connectivity index (χ0) is 25.3. The number of nitrogens with zero attached hydrogens (tertiary/aromatic N) is 2. The largest absolute Gasteiger partial charge is 0.481 e. The van der Waals surface area contributed by atoms with Gasteiger partial charge in [0.15, 0.2) is 0 Å². The third kappa shape index (κ3) is 8.96. The Labute approximate surface area is 207 Å². The van der Waals surface area contributed by atoms with E-state index in [1.165, 1.54) is 12.8 Å². The Morgan fingerprint density at radius 1 is 0.941 bits per heavy atom. The van der Waals surface area contributed by atoms with Gasteiger partial charge in [-0.1, -0.05) is 29.3 Å². The summed E-state index contributed by atoms with van der Waals surface area (Å²) in [6.07, 6.45) is 4.76. The van der Waals surface area contributed by atoms with Crippen LogP contribution < -0.4 is 0 Å². The van der Waals surface area contributed by atoms with Crippen molar-refractivity contribution < 1.29 is 34.5 Å². The van der Waals surface area contributed by atoms with Crippen molar-refractivity contribution in [1.29, 1.82) is 0 Å². The minimum Gasteiger partial charge on any atom is -0.481 e. The summed E-state index contributed by atoms with van der Waals surface area (Å²) >= 11 is 12.0. The van der Waals surface area contributed by atoms with Crippen LogP contribution in [0.2, 0.25) is 10.0 Å². The van der Waals surface area contributed by atoms with Gasteiger partial charge in [-0.15, -0.1) is 0 Å². The minimum absolute atomic E-state index is 0.0245. The number of hydrogen-bond acceptors (Lipinski definition) is 5. The van der Waals surface area contributed by atoms with Gasteiger partial charge in [0.2, 0.25) is 5.91 Å². The highest BCUT2D eigenvalue weighted by Crippen LogP contribution is 2.27. The molecule has 2 saturated heterocycles. The summed E-state index contributed by atoms with van der Waals surface area (Å²) in [6, 6.07) is 5.19. The summed E-state index contributed by atoms with van der Waals surface area (Å²) < 4.78 is 0. The van der Waals surface area contributed by atoms with Crippen molar-refractivity contribution >= 4 is 47.0 Å². The summed E-state index contributed by atoms with van der Waals surface area (Å²) in [5, 5.41) is 25.9. The van der Waals surface area contributed by atoms with Gasteiger partial charge < -0.3 is 25.1 Å². The molecule has 186 valence electrons. The molecule has 1 aromatic carbocycles. The van der Waals surface area contributed by atoms with Crippen molar-refractivity contribution in [2.24, 2.45) is 5.92 Å². The van der Waals surface area contributed by atoms with Crippen molar-refractivity contribution in [3.8, 4) is 0 Å². The second-order valence-corrected chi connectivity index (χ2v) is 9.06. The molecule has 0 aromatic heterocycles. The normalized spacial score (nSPS) is 20.6. The summed E-state index contributed by atoms with van der Waals surface area (Å²) in [5.41, 5.74) is 0.824. The first-order valence-electron chi connectivity index (χ1n) is 10.9. The van der Waals surface area contributed by atoms with Crippen molar-refractivity contribution in [1.82, 2.24) is 9.80 Å². The molecular formula is C23H28Cl2N2O7. The lowest BCUT2D eigenvalue weighted by Crippen LogP contribution is -2.52. The standard InChI is InChI=1S/C19H24Cl2N2O3.C4H4O4/c20-16-4-3-13(9-17(16)21)10-18(24)23-8-5-14(19(25)26)11-15(23)12-22-6-1-2-7-22;5-3(6)1-2-4(7)8/h3-4,9,14-15H,1-2,5-8,10-12H2,(H,25,26);1-2H,(H,5,6)(H,7,8). The maximum Gasteiger partial charge on any atom is 0.328 e. The van der Waals surface area contributed by atoms with Crippen LogP contribution in [0.5, 0.6) is 0 Å². The third-order valence-electron chi connectivity index (χ3n) is 5.76. The molecule has 9 nitrogen and oxygen atoms in total. The molecule has 1 amide bonds. The maximum atomic E-state index is 12.9. The Kier molecular flexibility index (Phi) is 10.8. The summed E-state index contributed by atoms with van der Waals surface area (Å²) in [7, 11) is 0.